The number of hydrogen-bond donors (Lipinski definition) is 0. The summed E-state index contributed by atoms with van der Waals surface area (Å²) in [7, 11) is 0. The summed E-state index contributed by atoms with van der Waals surface area (Å²) < 4.78 is 0. The van der Waals surface area contributed by atoms with Crippen LogP contribution in [0.25, 0.3) is 54.6 Å². The number of benzene rings is 14. The van der Waals surface area contributed by atoms with Crippen LogP contribution < -0.4 is 0 Å². The minimum atomic E-state index is 0.241. The van der Waals surface area contributed by atoms with Gasteiger partial charge in [-0.15, -0.1) is 0 Å². The van der Waals surface area contributed by atoms with E-state index in [0.717, 1.165) is 0 Å². The van der Waals surface area contributed by atoms with E-state index in [0.29, 0.717) is 0 Å². The van der Waals surface area contributed by atoms with Crippen LogP contribution in [0.5, 0.6) is 0 Å². The van der Waals surface area contributed by atoms with Crippen LogP contribution in [0.4, 0.5) is 0 Å². The van der Waals surface area contributed by atoms with Gasteiger partial charge in [0.05, 0.1) is 0 Å². The average molecular weight is 1400 g/mol. The molecular weight excluding hydrogens is 1270 g/mol. The Balaban J connectivity index is 0.000000190. The van der Waals surface area contributed by atoms with Gasteiger partial charge in [0.1, 0.15) is 0 Å². The maximum atomic E-state index is 2.37. The summed E-state index contributed by atoms with van der Waals surface area (Å²) in [6.45, 7) is 56.7. The molecule has 0 spiro atoms. The third kappa shape index (κ3) is 26.5. The van der Waals surface area contributed by atoms with Crippen LogP contribution in [0.2, 0.25) is 0 Å². The van der Waals surface area contributed by atoms with Crippen LogP contribution in [-0.4, -0.2) is 0 Å². The molecule has 0 nitrogen and oxygen atoms in total. The van der Waals surface area contributed by atoms with Crippen molar-refractivity contribution >= 4 is 32.3 Å². The van der Waals surface area contributed by atoms with Crippen molar-refractivity contribution in [3.05, 3.63) is 401 Å². The van der Waals surface area contributed by atoms with Gasteiger partial charge >= 0.3 is 0 Å². The van der Waals surface area contributed by atoms with Gasteiger partial charge in [-0.1, -0.05) is 354 Å². The van der Waals surface area contributed by atoms with E-state index < -0.39 is 0 Å². The van der Waals surface area contributed by atoms with Gasteiger partial charge in [0.15, 0.2) is 0 Å². The lowest BCUT2D eigenvalue weighted by atomic mass is 9.77. The average Bonchev–Trinajstić information content (AvgIpc) is 0.784. The van der Waals surface area contributed by atoms with Gasteiger partial charge in [-0.2, -0.15) is 0 Å². The first-order chi connectivity index (χ1) is 50.1. The van der Waals surface area contributed by atoms with E-state index in [1.165, 1.54) is 177 Å². The molecule has 0 unspecified atom stereocenters. The second kappa shape index (κ2) is 40.4. The van der Waals surface area contributed by atoms with E-state index >= 15 is 0 Å². The third-order valence-electron chi connectivity index (χ3n) is 19.7. The highest BCUT2D eigenvalue weighted by atomic mass is 14.3. The summed E-state index contributed by atoms with van der Waals surface area (Å²) >= 11 is 0. The summed E-state index contributed by atoms with van der Waals surface area (Å²) in [5.74, 6) is 0. The summed E-state index contributed by atoms with van der Waals surface area (Å²) in [5.41, 5.74) is 35.8. The molecule has 0 fully saturated rings. The fourth-order valence-corrected chi connectivity index (χ4v) is 13.0. The molecule has 0 radical (unpaired) electrons. The zero-order chi connectivity index (χ0) is 78.0. The van der Waals surface area contributed by atoms with Gasteiger partial charge in [0.2, 0.25) is 0 Å². The van der Waals surface area contributed by atoms with Crippen LogP contribution in [0.1, 0.15) is 164 Å². The first kappa shape index (κ1) is 84.8. The molecular formula is C106H124. The van der Waals surface area contributed by atoms with Crippen molar-refractivity contribution in [1.82, 2.24) is 0 Å². The van der Waals surface area contributed by atoms with Crippen molar-refractivity contribution in [2.75, 3.05) is 0 Å². The molecule has 0 aliphatic rings. The van der Waals surface area contributed by atoms with Crippen molar-refractivity contribution in [1.29, 1.82) is 0 Å². The number of hydrogen-bond acceptors (Lipinski definition) is 0. The highest BCUT2D eigenvalue weighted by Crippen LogP contribution is 2.35. The Hall–Kier alpha value is -10.1. The van der Waals surface area contributed by atoms with Gasteiger partial charge in [-0.3, -0.25) is 0 Å². The molecule has 0 saturated heterocycles. The quantitative estimate of drug-likeness (QED) is 0.162. The Morgan fingerprint density at radius 1 is 0.160 bits per heavy atom. The van der Waals surface area contributed by atoms with Crippen LogP contribution in [0.3, 0.4) is 0 Å². The molecule has 0 heterocycles. The lowest BCUT2D eigenvalue weighted by Crippen LogP contribution is -2.18. The van der Waals surface area contributed by atoms with Gasteiger partial charge in [0, 0.05) is 0 Å². The molecule has 0 heteroatoms. The molecule has 14 aromatic rings. The summed E-state index contributed by atoms with van der Waals surface area (Å²) in [5, 5.41) is 8.16. The highest BCUT2D eigenvalue weighted by Gasteiger charge is 2.22. The van der Waals surface area contributed by atoms with Gasteiger partial charge in [0.25, 0.3) is 0 Å². The fourth-order valence-electron chi connectivity index (χ4n) is 13.0. The van der Waals surface area contributed by atoms with E-state index in [1.807, 2.05) is 0 Å². The molecule has 0 N–H and O–H groups in total. The monoisotopic (exact) mass is 1400 g/mol. The predicted molar refractivity (Wildman–Crippen MR) is 474 cm³/mol. The van der Waals surface area contributed by atoms with Crippen molar-refractivity contribution < 1.29 is 0 Å². The second-order valence-electron chi connectivity index (χ2n) is 31.5. The largest absolute Gasteiger partial charge is 0.0622 e. The molecule has 0 bridgehead atoms. The maximum absolute atomic E-state index is 2.37. The molecule has 106 heavy (non-hydrogen) atoms. The van der Waals surface area contributed by atoms with E-state index in [9.17, 15) is 0 Å². The first-order valence-electron chi connectivity index (χ1n) is 38.0. The Morgan fingerprint density at radius 2 is 0.425 bits per heavy atom. The lowest BCUT2D eigenvalue weighted by Gasteiger charge is -2.28. The molecule has 548 valence electrons. The van der Waals surface area contributed by atoms with Crippen molar-refractivity contribution in [3.63, 3.8) is 0 Å². The standard InChI is InChI=1S/C20H18.C16H26.3C12H12.C10H14.3C8H10/c1-15-13-20(18-11-7-4-8-12-18)16(2)14-19(15)17-9-5-3-6-10-17;1-11-9-14(16(6,7)8)12(2)10-13(11)15(3,4)5;1-9-3-5-12-8-10(2)4-6-11(12)7-9;1-9-5-3-8-12-10(2)6-4-7-11(9)12;1-9-7-8-10(2)12-6-4-3-5-11(9)12;1-7-5-9(3)10(4)6-8(7)2;1-7-3-5-8(2)6-4-7;1-7-4-3-5-8(2)6-7;1-7-5-3-4-6-8(7)2/h3-14H,1-2H3;9-10H,1-8H3;3*3-8H,1-2H3;5-6H,1-4H3;3*3-6H,1-2H3. The van der Waals surface area contributed by atoms with Gasteiger partial charge < -0.3 is 0 Å². The maximum Gasteiger partial charge on any atom is -0.0129 e. The highest BCUT2D eigenvalue weighted by molar-refractivity contribution is 5.89. The van der Waals surface area contributed by atoms with E-state index in [-0.39, 0.29) is 10.8 Å². The lowest BCUT2D eigenvalue weighted by molar-refractivity contribution is 0.569. The van der Waals surface area contributed by atoms with Crippen LogP contribution >= 0.6 is 0 Å². The zero-order valence-electron chi connectivity index (χ0n) is 69.6. The van der Waals surface area contributed by atoms with E-state index in [4.69, 9.17) is 0 Å². The minimum absolute atomic E-state index is 0.241. The predicted octanol–water partition coefficient (Wildman–Crippen LogP) is 30.7. The number of aryl methyl sites for hydroxylation is 20. The molecule has 0 aliphatic carbocycles. The Kier molecular flexibility index (Phi) is 32.3. The fraction of sp³-hybridized carbons (Fsp3) is 0.264. The number of rotatable bonds is 2. The van der Waals surface area contributed by atoms with Crippen LogP contribution in [-0.2, 0) is 10.8 Å². The number of fused-ring (bicyclic) bond motifs is 3. The van der Waals surface area contributed by atoms with E-state index in [2.05, 4.69) is 459 Å². The molecule has 14 aromatic carbocycles. The van der Waals surface area contributed by atoms with Crippen LogP contribution in [0, 0.1) is 138 Å². The van der Waals surface area contributed by atoms with Crippen molar-refractivity contribution in [2.45, 2.75) is 191 Å². The van der Waals surface area contributed by atoms with E-state index in [1.54, 1.807) is 0 Å². The van der Waals surface area contributed by atoms with Gasteiger partial charge in [-0.05, 0) is 293 Å². The second-order valence-corrected chi connectivity index (χ2v) is 31.5. The zero-order valence-corrected chi connectivity index (χ0v) is 69.6. The molecule has 0 atom stereocenters. The minimum Gasteiger partial charge on any atom is -0.0622 e. The summed E-state index contributed by atoms with van der Waals surface area (Å²) in [6, 6.07) is 99.2. The van der Waals surface area contributed by atoms with Crippen molar-refractivity contribution in [3.8, 4) is 22.3 Å². The molecule has 14 rings (SSSR count). The van der Waals surface area contributed by atoms with Crippen LogP contribution in [0.15, 0.2) is 279 Å². The van der Waals surface area contributed by atoms with Crippen molar-refractivity contribution in [2.24, 2.45) is 0 Å². The molecule has 0 aliphatic heterocycles. The molecule has 0 aromatic heterocycles. The third-order valence-corrected chi connectivity index (χ3v) is 19.7. The summed E-state index contributed by atoms with van der Waals surface area (Å²) in [6.07, 6.45) is 0. The Labute approximate surface area is 642 Å². The Bertz CT molecular complexity index is 4700. The topological polar surface area (TPSA) is 0 Å². The SMILES string of the molecule is Cc1cc(-c2ccccc2)c(C)cc1-c1ccccc1.Cc1cc(C(C)(C)C)c(C)cc1C(C)(C)C.Cc1cc(C)c(C)cc1C.Cc1ccc(C)c2ccccc12.Cc1ccc(C)cc1.Cc1ccc2cc(C)ccc2c1.Cc1cccc(C)c1.Cc1cccc2c(C)cccc12.Cc1ccccc1C. The smallest absolute Gasteiger partial charge is 0.0129 e. The molecule has 0 saturated carbocycles. The Morgan fingerprint density at radius 3 is 0.726 bits per heavy atom. The molecule has 0 amide bonds. The normalized spacial score (nSPS) is 10.5. The first-order valence-corrected chi connectivity index (χ1v) is 38.0. The summed E-state index contributed by atoms with van der Waals surface area (Å²) in [4.78, 5) is 0. The van der Waals surface area contributed by atoms with Gasteiger partial charge in [-0.25, -0.2) is 0 Å².